The van der Waals surface area contributed by atoms with E-state index in [0.29, 0.717) is 19.1 Å². The van der Waals surface area contributed by atoms with E-state index in [2.05, 4.69) is 6.58 Å². The summed E-state index contributed by atoms with van der Waals surface area (Å²) in [6.45, 7) is 5.60. The third-order valence-electron chi connectivity index (χ3n) is 1.60. The normalized spacial score (nSPS) is 13.4. The fourth-order valence-corrected chi connectivity index (χ4v) is 4.28. The van der Waals surface area contributed by atoms with Gasteiger partial charge in [0.2, 0.25) is 0 Å². The van der Waals surface area contributed by atoms with Crippen molar-refractivity contribution in [3.8, 4) is 0 Å². The lowest BCUT2D eigenvalue weighted by Gasteiger charge is -2.14. The molecule has 0 fully saturated rings. The van der Waals surface area contributed by atoms with Crippen LogP contribution in [0.3, 0.4) is 0 Å². The Labute approximate surface area is 99.3 Å². The molecule has 2 nitrogen and oxygen atoms in total. The molecule has 1 atom stereocenters. The number of hydrogen-bond donors (Lipinski definition) is 0. The standard InChI is InChI=1S/C8H13Cl3O2Si/c1-3-8(12)13-5-4-7(2)6-14(9,10)11/h3,7H,1,4-6H2,2H3. The lowest BCUT2D eigenvalue weighted by atomic mass is 10.1. The predicted octanol–water partition coefficient (Wildman–Crippen LogP) is 3.40. The SMILES string of the molecule is C=CC(=O)OCCC(C)C[Si](Cl)(Cl)Cl. The Morgan fingerprint density at radius 3 is 2.57 bits per heavy atom. The largest absolute Gasteiger partial charge is 0.463 e. The van der Waals surface area contributed by atoms with Crippen molar-refractivity contribution in [2.45, 2.75) is 19.4 Å². The van der Waals surface area contributed by atoms with Crippen LogP contribution < -0.4 is 0 Å². The van der Waals surface area contributed by atoms with Gasteiger partial charge in [0, 0.05) is 6.08 Å². The highest BCUT2D eigenvalue weighted by Gasteiger charge is 2.27. The lowest BCUT2D eigenvalue weighted by Crippen LogP contribution is -2.15. The third kappa shape index (κ3) is 8.88. The zero-order valence-electron chi connectivity index (χ0n) is 7.93. The predicted molar refractivity (Wildman–Crippen MR) is 63.1 cm³/mol. The van der Waals surface area contributed by atoms with Gasteiger partial charge >= 0.3 is 12.0 Å². The van der Waals surface area contributed by atoms with E-state index < -0.39 is 12.0 Å². The van der Waals surface area contributed by atoms with Crippen LogP contribution in [0.15, 0.2) is 12.7 Å². The maximum atomic E-state index is 10.7. The van der Waals surface area contributed by atoms with Crippen LogP contribution in [0.4, 0.5) is 0 Å². The van der Waals surface area contributed by atoms with Crippen LogP contribution >= 0.6 is 33.2 Å². The van der Waals surface area contributed by atoms with Gasteiger partial charge in [0.15, 0.2) is 0 Å². The van der Waals surface area contributed by atoms with E-state index in [1.54, 1.807) is 0 Å². The van der Waals surface area contributed by atoms with E-state index in [4.69, 9.17) is 38.0 Å². The van der Waals surface area contributed by atoms with Crippen LogP contribution in [0, 0.1) is 5.92 Å². The van der Waals surface area contributed by atoms with Crippen LogP contribution in [0.2, 0.25) is 6.04 Å². The van der Waals surface area contributed by atoms with Crippen LogP contribution in [0.25, 0.3) is 0 Å². The zero-order valence-corrected chi connectivity index (χ0v) is 11.2. The minimum atomic E-state index is -2.55. The molecule has 0 N–H and O–H groups in total. The van der Waals surface area contributed by atoms with Gasteiger partial charge in [0.05, 0.1) is 6.61 Å². The molecule has 0 spiro atoms. The average molecular weight is 276 g/mol. The first kappa shape index (κ1) is 14.3. The quantitative estimate of drug-likeness (QED) is 0.321. The molecule has 0 aromatic heterocycles. The van der Waals surface area contributed by atoms with Crippen molar-refractivity contribution in [2.24, 2.45) is 5.92 Å². The lowest BCUT2D eigenvalue weighted by molar-refractivity contribution is -0.138. The molecule has 0 radical (unpaired) electrons. The molecule has 0 aromatic rings. The Bertz CT molecular complexity index is 203. The van der Waals surface area contributed by atoms with Gasteiger partial charge in [0.25, 0.3) is 0 Å². The average Bonchev–Trinajstić information content (AvgIpc) is 2.00. The molecule has 1 unspecified atom stereocenters. The van der Waals surface area contributed by atoms with Gasteiger partial charge in [-0.05, 0) is 18.4 Å². The minimum Gasteiger partial charge on any atom is -0.463 e. The highest BCUT2D eigenvalue weighted by Crippen LogP contribution is 2.30. The number of ether oxygens (including phenoxy) is 1. The van der Waals surface area contributed by atoms with E-state index in [9.17, 15) is 4.79 Å². The van der Waals surface area contributed by atoms with E-state index >= 15 is 0 Å². The summed E-state index contributed by atoms with van der Waals surface area (Å²) in [5.74, 6) is -0.157. The number of carbonyl (C=O) groups is 1. The summed E-state index contributed by atoms with van der Waals surface area (Å²) in [6.07, 6.45) is 1.84. The molecule has 0 aliphatic rings. The van der Waals surface area contributed by atoms with E-state index in [1.165, 1.54) is 0 Å². The van der Waals surface area contributed by atoms with E-state index in [0.717, 1.165) is 6.08 Å². The Morgan fingerprint density at radius 2 is 2.14 bits per heavy atom. The topological polar surface area (TPSA) is 26.3 Å². The van der Waals surface area contributed by atoms with Gasteiger partial charge in [0.1, 0.15) is 0 Å². The number of hydrogen-bond acceptors (Lipinski definition) is 2. The summed E-state index contributed by atoms with van der Waals surface area (Å²) >= 11 is 17.2. The zero-order chi connectivity index (χ0) is 11.2. The molecule has 6 heteroatoms. The van der Waals surface area contributed by atoms with Gasteiger partial charge in [-0.2, -0.15) is 0 Å². The molecular weight excluding hydrogens is 263 g/mol. The minimum absolute atomic E-state index is 0.256. The van der Waals surface area contributed by atoms with Crippen molar-refractivity contribution in [3.63, 3.8) is 0 Å². The molecule has 0 saturated heterocycles. The summed E-state index contributed by atoms with van der Waals surface area (Å²) in [5.41, 5.74) is 0. The molecular formula is C8H13Cl3O2Si. The van der Waals surface area contributed by atoms with Crippen molar-refractivity contribution >= 4 is 45.2 Å². The molecule has 0 aliphatic carbocycles. The number of rotatable bonds is 6. The summed E-state index contributed by atoms with van der Waals surface area (Å²) < 4.78 is 4.81. The van der Waals surface area contributed by atoms with Crippen LogP contribution in [0.1, 0.15) is 13.3 Å². The highest BCUT2D eigenvalue weighted by atomic mass is 35.8. The Hall–Kier alpha value is 0.297. The van der Waals surface area contributed by atoms with Gasteiger partial charge in [-0.3, -0.25) is 0 Å². The monoisotopic (exact) mass is 274 g/mol. The Balaban J connectivity index is 3.59. The van der Waals surface area contributed by atoms with Crippen molar-refractivity contribution < 1.29 is 9.53 Å². The van der Waals surface area contributed by atoms with Crippen LogP contribution in [-0.4, -0.2) is 18.6 Å². The summed E-state index contributed by atoms with van der Waals surface area (Å²) in [7, 11) is 0. The molecule has 0 heterocycles. The molecule has 0 rings (SSSR count). The molecule has 0 bridgehead atoms. The molecule has 0 amide bonds. The molecule has 82 valence electrons. The van der Waals surface area contributed by atoms with E-state index in [1.807, 2.05) is 6.92 Å². The van der Waals surface area contributed by atoms with Gasteiger partial charge in [-0.1, -0.05) is 13.5 Å². The van der Waals surface area contributed by atoms with Gasteiger partial charge in [-0.25, -0.2) is 4.79 Å². The fraction of sp³-hybridized carbons (Fsp3) is 0.625. The second-order valence-electron chi connectivity index (χ2n) is 3.08. The second-order valence-corrected chi connectivity index (χ2v) is 12.3. The fourth-order valence-electron chi connectivity index (χ4n) is 0.917. The number of carbonyl (C=O) groups excluding carboxylic acids is 1. The van der Waals surface area contributed by atoms with Crippen molar-refractivity contribution in [1.82, 2.24) is 0 Å². The van der Waals surface area contributed by atoms with Crippen LogP contribution in [0.5, 0.6) is 0 Å². The van der Waals surface area contributed by atoms with Gasteiger partial charge in [-0.15, -0.1) is 33.2 Å². The molecule has 14 heavy (non-hydrogen) atoms. The van der Waals surface area contributed by atoms with Gasteiger partial charge < -0.3 is 4.74 Å². The smallest absolute Gasteiger partial charge is 0.341 e. The summed E-state index contributed by atoms with van der Waals surface area (Å²) in [5, 5.41) is 0. The third-order valence-corrected chi connectivity index (χ3v) is 4.15. The maximum Gasteiger partial charge on any atom is 0.341 e. The Kier molecular flexibility index (Phi) is 6.86. The Morgan fingerprint density at radius 1 is 1.57 bits per heavy atom. The first-order valence-corrected chi connectivity index (χ1v) is 9.45. The second kappa shape index (κ2) is 6.72. The van der Waals surface area contributed by atoms with E-state index in [-0.39, 0.29) is 5.92 Å². The van der Waals surface area contributed by atoms with Crippen molar-refractivity contribution in [1.29, 1.82) is 0 Å². The van der Waals surface area contributed by atoms with Crippen molar-refractivity contribution in [2.75, 3.05) is 6.61 Å². The molecule has 0 aromatic carbocycles. The molecule has 0 aliphatic heterocycles. The summed E-state index contributed by atoms with van der Waals surface area (Å²) in [6, 6.07) is -1.96. The highest BCUT2D eigenvalue weighted by molar-refractivity contribution is 7.64. The maximum absolute atomic E-state index is 10.7. The first-order valence-electron chi connectivity index (χ1n) is 4.21. The van der Waals surface area contributed by atoms with Crippen molar-refractivity contribution in [3.05, 3.63) is 12.7 Å². The summed E-state index contributed by atoms with van der Waals surface area (Å²) in [4.78, 5) is 10.7. The number of halogens is 3. The number of esters is 1. The molecule has 0 saturated carbocycles. The first-order chi connectivity index (χ1) is 6.35. The van der Waals surface area contributed by atoms with Crippen LogP contribution in [-0.2, 0) is 9.53 Å².